The molecule has 0 saturated heterocycles. The molecule has 3 rings (SSSR count). The molecule has 0 nitrogen and oxygen atoms in total. The Morgan fingerprint density at radius 1 is 1.06 bits per heavy atom. The molecular formula is C15H11ClS. The van der Waals surface area contributed by atoms with Crippen molar-refractivity contribution in [2.45, 2.75) is 6.92 Å². The van der Waals surface area contributed by atoms with Crippen LogP contribution in [0.5, 0.6) is 0 Å². The predicted octanol–water partition coefficient (Wildman–Crippen LogP) is 5.53. The van der Waals surface area contributed by atoms with Crippen molar-refractivity contribution in [3.05, 3.63) is 58.4 Å². The van der Waals surface area contributed by atoms with Crippen molar-refractivity contribution >= 4 is 33.0 Å². The van der Waals surface area contributed by atoms with E-state index in [2.05, 4.69) is 42.6 Å². The summed E-state index contributed by atoms with van der Waals surface area (Å²) in [6.45, 7) is 2.10. The Balaban J connectivity index is 2.26. The van der Waals surface area contributed by atoms with Gasteiger partial charge in [-0.15, -0.1) is 11.3 Å². The summed E-state index contributed by atoms with van der Waals surface area (Å²) in [5, 5.41) is 4.22. The number of halogens is 1. The molecule has 3 aromatic rings. The monoisotopic (exact) mass is 258 g/mol. The number of hydrogen-bond donors (Lipinski definition) is 0. The molecular weight excluding hydrogens is 248 g/mol. The average molecular weight is 259 g/mol. The number of aryl methyl sites for hydroxylation is 1. The van der Waals surface area contributed by atoms with Crippen LogP contribution in [0.3, 0.4) is 0 Å². The van der Waals surface area contributed by atoms with Gasteiger partial charge in [0.1, 0.15) is 0 Å². The van der Waals surface area contributed by atoms with E-state index in [1.165, 1.54) is 21.2 Å². The van der Waals surface area contributed by atoms with Crippen LogP contribution in [0, 0.1) is 6.92 Å². The lowest BCUT2D eigenvalue weighted by Gasteiger charge is -2.08. The van der Waals surface area contributed by atoms with Crippen LogP contribution in [0.1, 0.15) is 5.56 Å². The Morgan fingerprint density at radius 2 is 1.94 bits per heavy atom. The van der Waals surface area contributed by atoms with Gasteiger partial charge in [0, 0.05) is 15.3 Å². The zero-order chi connectivity index (χ0) is 11.8. The second-order valence-electron chi connectivity index (χ2n) is 4.10. The van der Waals surface area contributed by atoms with Crippen LogP contribution in [-0.4, -0.2) is 0 Å². The highest BCUT2D eigenvalue weighted by molar-refractivity contribution is 7.17. The molecule has 0 saturated carbocycles. The maximum atomic E-state index is 6.29. The highest BCUT2D eigenvalue weighted by Crippen LogP contribution is 2.33. The van der Waals surface area contributed by atoms with Gasteiger partial charge in [-0.2, -0.15) is 0 Å². The van der Waals surface area contributed by atoms with Crippen molar-refractivity contribution in [3.8, 4) is 11.1 Å². The first-order valence-corrected chi connectivity index (χ1v) is 6.74. The Labute approximate surface area is 109 Å². The van der Waals surface area contributed by atoms with E-state index in [9.17, 15) is 0 Å². The van der Waals surface area contributed by atoms with Crippen LogP contribution in [0.25, 0.3) is 21.2 Å². The summed E-state index contributed by atoms with van der Waals surface area (Å²) in [5.74, 6) is 0. The fourth-order valence-electron chi connectivity index (χ4n) is 2.12. The summed E-state index contributed by atoms with van der Waals surface area (Å²) in [6, 6.07) is 14.7. The first kappa shape index (κ1) is 10.8. The van der Waals surface area contributed by atoms with Crippen molar-refractivity contribution in [2.75, 3.05) is 0 Å². The number of fused-ring (bicyclic) bond motifs is 1. The molecule has 0 spiro atoms. The predicted molar refractivity (Wildman–Crippen MR) is 77.0 cm³/mol. The lowest BCUT2D eigenvalue weighted by atomic mass is 10.00. The van der Waals surface area contributed by atoms with Gasteiger partial charge >= 0.3 is 0 Å². The van der Waals surface area contributed by atoms with E-state index < -0.39 is 0 Å². The highest BCUT2D eigenvalue weighted by Gasteiger charge is 2.07. The van der Waals surface area contributed by atoms with Gasteiger partial charge < -0.3 is 0 Å². The van der Waals surface area contributed by atoms with Gasteiger partial charge in [0.25, 0.3) is 0 Å². The minimum Gasteiger partial charge on any atom is -0.144 e. The number of thiophene rings is 1. The molecule has 0 amide bonds. The smallest absolute Gasteiger partial charge is 0.0487 e. The molecule has 0 aliphatic carbocycles. The molecule has 0 aliphatic rings. The fourth-order valence-corrected chi connectivity index (χ4v) is 3.22. The maximum absolute atomic E-state index is 6.29. The van der Waals surface area contributed by atoms with Crippen molar-refractivity contribution in [2.24, 2.45) is 0 Å². The molecule has 2 aromatic carbocycles. The SMILES string of the molecule is Cc1cccc(Cl)c1-c1ccc2sccc2c1. The third kappa shape index (κ3) is 1.86. The Kier molecular flexibility index (Phi) is 2.65. The van der Waals surface area contributed by atoms with Crippen molar-refractivity contribution < 1.29 is 0 Å². The molecule has 84 valence electrons. The quantitative estimate of drug-likeness (QED) is 0.538. The Bertz CT molecular complexity index is 662. The summed E-state index contributed by atoms with van der Waals surface area (Å²) in [6.07, 6.45) is 0. The lowest BCUT2D eigenvalue weighted by Crippen LogP contribution is -1.84. The third-order valence-corrected chi connectivity index (χ3v) is 4.18. The van der Waals surface area contributed by atoms with Crippen LogP contribution < -0.4 is 0 Å². The minimum atomic E-state index is 0.819. The zero-order valence-corrected chi connectivity index (χ0v) is 11.0. The standard InChI is InChI=1S/C15H11ClS/c1-10-3-2-4-13(16)15(10)12-5-6-14-11(9-12)7-8-17-14/h2-9H,1H3. The number of rotatable bonds is 1. The zero-order valence-electron chi connectivity index (χ0n) is 9.41. The van der Waals surface area contributed by atoms with Gasteiger partial charge in [-0.3, -0.25) is 0 Å². The average Bonchev–Trinajstić information content (AvgIpc) is 2.76. The summed E-state index contributed by atoms with van der Waals surface area (Å²) >= 11 is 8.06. The van der Waals surface area contributed by atoms with E-state index in [4.69, 9.17) is 11.6 Å². The molecule has 2 heteroatoms. The highest BCUT2D eigenvalue weighted by atomic mass is 35.5. The molecule has 0 N–H and O–H groups in total. The lowest BCUT2D eigenvalue weighted by molar-refractivity contribution is 1.46. The largest absolute Gasteiger partial charge is 0.144 e. The van der Waals surface area contributed by atoms with Gasteiger partial charge in [0.2, 0.25) is 0 Å². The first-order valence-electron chi connectivity index (χ1n) is 5.48. The van der Waals surface area contributed by atoms with E-state index in [0.717, 1.165) is 10.6 Å². The molecule has 1 heterocycles. The minimum absolute atomic E-state index is 0.819. The van der Waals surface area contributed by atoms with E-state index in [1.54, 1.807) is 11.3 Å². The fraction of sp³-hybridized carbons (Fsp3) is 0.0667. The second-order valence-corrected chi connectivity index (χ2v) is 5.46. The molecule has 17 heavy (non-hydrogen) atoms. The van der Waals surface area contributed by atoms with Crippen LogP contribution in [-0.2, 0) is 0 Å². The van der Waals surface area contributed by atoms with E-state index in [0.29, 0.717) is 0 Å². The molecule has 0 fully saturated rings. The molecule has 1 aromatic heterocycles. The summed E-state index contributed by atoms with van der Waals surface area (Å²) in [4.78, 5) is 0. The molecule has 0 radical (unpaired) electrons. The summed E-state index contributed by atoms with van der Waals surface area (Å²) in [7, 11) is 0. The summed E-state index contributed by atoms with van der Waals surface area (Å²) in [5.41, 5.74) is 3.55. The topological polar surface area (TPSA) is 0 Å². The Morgan fingerprint density at radius 3 is 2.76 bits per heavy atom. The number of benzene rings is 2. The van der Waals surface area contributed by atoms with Gasteiger partial charge in [-0.05, 0) is 53.1 Å². The molecule has 0 aliphatic heterocycles. The number of hydrogen-bond acceptors (Lipinski definition) is 1. The maximum Gasteiger partial charge on any atom is 0.0487 e. The van der Waals surface area contributed by atoms with Gasteiger partial charge in [-0.1, -0.05) is 29.8 Å². The summed E-state index contributed by atoms with van der Waals surface area (Å²) < 4.78 is 1.32. The van der Waals surface area contributed by atoms with Crippen LogP contribution in [0.2, 0.25) is 5.02 Å². The molecule has 0 unspecified atom stereocenters. The normalized spacial score (nSPS) is 10.9. The van der Waals surface area contributed by atoms with Crippen LogP contribution in [0.15, 0.2) is 47.8 Å². The van der Waals surface area contributed by atoms with E-state index in [-0.39, 0.29) is 0 Å². The van der Waals surface area contributed by atoms with Crippen molar-refractivity contribution in [1.29, 1.82) is 0 Å². The van der Waals surface area contributed by atoms with Gasteiger partial charge in [-0.25, -0.2) is 0 Å². The van der Waals surface area contributed by atoms with Gasteiger partial charge in [0.05, 0.1) is 0 Å². The van der Waals surface area contributed by atoms with Crippen LogP contribution >= 0.6 is 22.9 Å². The molecule has 0 atom stereocenters. The van der Waals surface area contributed by atoms with Gasteiger partial charge in [0.15, 0.2) is 0 Å². The van der Waals surface area contributed by atoms with E-state index >= 15 is 0 Å². The van der Waals surface area contributed by atoms with Crippen LogP contribution in [0.4, 0.5) is 0 Å². The molecule has 0 bridgehead atoms. The first-order chi connectivity index (χ1) is 8.25. The third-order valence-electron chi connectivity index (χ3n) is 2.96. The second kappa shape index (κ2) is 4.17. The Hall–Kier alpha value is -1.31. The van der Waals surface area contributed by atoms with Crippen molar-refractivity contribution in [1.82, 2.24) is 0 Å². The van der Waals surface area contributed by atoms with Crippen molar-refractivity contribution in [3.63, 3.8) is 0 Å². The van der Waals surface area contributed by atoms with E-state index in [1.807, 2.05) is 12.1 Å².